The maximum atomic E-state index is 6.89. The molecule has 550 valence electrons. The Balaban J connectivity index is 0.685. The van der Waals surface area contributed by atoms with Crippen LogP contribution < -0.4 is 0 Å². The first-order valence-electron chi connectivity index (χ1n) is 39.2. The van der Waals surface area contributed by atoms with Gasteiger partial charge in [0.2, 0.25) is 0 Å². The predicted octanol–water partition coefficient (Wildman–Crippen LogP) is 26.7. The molecule has 0 aliphatic rings. The summed E-state index contributed by atoms with van der Waals surface area (Å²) >= 11 is 0. The van der Waals surface area contributed by atoms with Crippen LogP contribution in [0.3, 0.4) is 0 Å². The minimum Gasteiger partial charge on any atom is -0.456 e. The number of hydrogen-bond acceptors (Lipinski definition) is 12. The van der Waals surface area contributed by atoms with Gasteiger partial charge >= 0.3 is 0 Å². The summed E-state index contributed by atoms with van der Waals surface area (Å²) in [5.74, 6) is 4.42. The zero-order chi connectivity index (χ0) is 78.0. The van der Waals surface area contributed by atoms with Gasteiger partial charge < -0.3 is 8.83 Å². The zero-order valence-electron chi connectivity index (χ0n) is 63.2. The van der Waals surface area contributed by atoms with Gasteiger partial charge in [-0.2, -0.15) is 0 Å². The molecule has 6 heterocycles. The molecule has 0 saturated heterocycles. The van der Waals surface area contributed by atoms with Crippen molar-refractivity contribution in [2.75, 3.05) is 0 Å². The molecule has 118 heavy (non-hydrogen) atoms. The van der Waals surface area contributed by atoms with Crippen LogP contribution in [0.25, 0.3) is 235 Å². The molecule has 12 heteroatoms. The summed E-state index contributed by atoms with van der Waals surface area (Å²) in [5.41, 5.74) is 22.6. The van der Waals surface area contributed by atoms with Crippen LogP contribution in [-0.4, -0.2) is 49.8 Å². The van der Waals surface area contributed by atoms with Gasteiger partial charge in [0.25, 0.3) is 0 Å². The fraction of sp³-hybridized carbons (Fsp3) is 0. The molecule has 0 bridgehead atoms. The van der Waals surface area contributed by atoms with E-state index in [1.807, 2.05) is 146 Å². The molecular weight excluding hydrogens is 1450 g/mol. The first kappa shape index (κ1) is 68.6. The molecule has 0 amide bonds. The van der Waals surface area contributed by atoms with Gasteiger partial charge in [-0.3, -0.25) is 0 Å². The normalized spacial score (nSPS) is 11.6. The Morgan fingerprint density at radius 2 is 0.475 bits per heavy atom. The van der Waals surface area contributed by atoms with Crippen LogP contribution in [0.15, 0.2) is 397 Å². The van der Waals surface area contributed by atoms with Crippen LogP contribution in [-0.2, 0) is 0 Å². The second kappa shape index (κ2) is 29.1. The third-order valence-corrected chi connectivity index (χ3v) is 21.9. The quantitative estimate of drug-likeness (QED) is 0.0959. The van der Waals surface area contributed by atoms with Crippen molar-refractivity contribution in [2.24, 2.45) is 0 Å². The minimum absolute atomic E-state index is 0.504. The van der Waals surface area contributed by atoms with Gasteiger partial charge in [-0.05, 0) is 146 Å². The van der Waals surface area contributed by atoms with Crippen LogP contribution in [0.4, 0.5) is 0 Å². The lowest BCUT2D eigenvalue weighted by Gasteiger charge is -2.14. The van der Waals surface area contributed by atoms with E-state index in [1.54, 1.807) is 0 Å². The Morgan fingerprint density at radius 3 is 1.04 bits per heavy atom. The molecule has 0 saturated carbocycles. The van der Waals surface area contributed by atoms with E-state index in [4.69, 9.17) is 58.7 Å². The highest BCUT2D eigenvalue weighted by atomic mass is 16.3. The standard InChI is InChI=1S/C106H64N10O2/c1-6-24-66(25-7-1)91-63-93(108-99(107-91)68-28-10-3-11-29-68)78-39-20-36-72(52-78)73-37-21-40-79(53-73)104-114-102(115-105(116-104)81-51-50-77-60-89-86-42-18-19-45-95(86)117-96(89)62-84(77)55-81)71-48-46-65(47-49-71)82-56-83(74-38-22-41-80(54-74)103-112-100(69-30-12-4-13-31-69)111-101(113-103)70-32-14-5-15-33-70)58-85(57-82)94-64-92(67-26-8-2-9-27-67)109-106(110-94)88-44-23-43-87-90-59-75-34-16-17-35-76(75)61-97(90)118-98(87)88/h1-64H. The average Bonchev–Trinajstić information content (AvgIpc) is 1.43. The lowest BCUT2D eigenvalue weighted by Crippen LogP contribution is -2.00. The molecule has 0 spiro atoms. The SMILES string of the molecule is c1ccc(-c2cc(-c3cccc(-c4cccc(-c5nc(-c6ccc(-c7cc(-c8cccc(-c9nc(-c%10ccccc%10)nc(-c%10ccccc%10)n9)c8)cc(-c8cc(-c9ccccc9)nc(-c9cccc%10c9oc9cc%11ccccc%11cc9%10)n8)c7)cc6)nc(-c6ccc7cc8c(cc7c6)oc6ccccc68)n5)c4)c3)nc(-c3ccccc3)n2)cc1. The van der Waals surface area contributed by atoms with Crippen LogP contribution in [0.2, 0.25) is 0 Å². The molecule has 0 aliphatic heterocycles. The molecule has 0 radical (unpaired) electrons. The topological polar surface area (TPSA) is 155 Å². The van der Waals surface area contributed by atoms with E-state index in [2.05, 4.69) is 243 Å². The number of hydrogen-bond donors (Lipinski definition) is 0. The summed E-state index contributed by atoms with van der Waals surface area (Å²) in [6.07, 6.45) is 0. The Kier molecular flexibility index (Phi) is 16.9. The van der Waals surface area contributed by atoms with E-state index < -0.39 is 0 Å². The average molecular weight is 1510 g/mol. The van der Waals surface area contributed by atoms with Gasteiger partial charge in [0.1, 0.15) is 22.3 Å². The second-order valence-corrected chi connectivity index (χ2v) is 29.5. The van der Waals surface area contributed by atoms with Gasteiger partial charge in [-0.15, -0.1) is 0 Å². The first-order chi connectivity index (χ1) is 58.3. The van der Waals surface area contributed by atoms with Crippen LogP contribution in [0, 0.1) is 0 Å². The molecule has 12 nitrogen and oxygen atoms in total. The monoisotopic (exact) mass is 1510 g/mol. The molecule has 0 atom stereocenters. The Bertz CT molecular complexity index is 7550. The van der Waals surface area contributed by atoms with Gasteiger partial charge in [0.15, 0.2) is 46.6 Å². The number of fused-ring (bicyclic) bond motifs is 8. The highest BCUT2D eigenvalue weighted by Crippen LogP contribution is 2.43. The van der Waals surface area contributed by atoms with E-state index in [0.29, 0.717) is 52.2 Å². The van der Waals surface area contributed by atoms with Crippen molar-refractivity contribution >= 4 is 65.4 Å². The number of nitrogens with zero attached hydrogens (tertiary/aromatic N) is 10. The summed E-state index contributed by atoms with van der Waals surface area (Å²) < 4.78 is 13.3. The summed E-state index contributed by atoms with van der Waals surface area (Å²) in [7, 11) is 0. The van der Waals surface area contributed by atoms with Gasteiger partial charge in [0, 0.05) is 82.7 Å². The van der Waals surface area contributed by atoms with Crippen molar-refractivity contribution in [3.05, 3.63) is 388 Å². The molecule has 22 aromatic rings. The van der Waals surface area contributed by atoms with E-state index in [0.717, 1.165) is 183 Å². The molecule has 0 unspecified atom stereocenters. The first-order valence-corrected chi connectivity index (χ1v) is 39.2. The lowest BCUT2D eigenvalue weighted by atomic mass is 9.93. The maximum Gasteiger partial charge on any atom is 0.164 e. The Morgan fingerprint density at radius 1 is 0.144 bits per heavy atom. The van der Waals surface area contributed by atoms with Gasteiger partial charge in [0.05, 0.1) is 28.3 Å². The fourth-order valence-corrected chi connectivity index (χ4v) is 16.0. The maximum absolute atomic E-state index is 6.89. The number of aromatic nitrogens is 10. The Hall–Kier alpha value is -16.2. The van der Waals surface area contributed by atoms with Gasteiger partial charge in [-0.25, -0.2) is 49.8 Å². The molecule has 6 aromatic heterocycles. The van der Waals surface area contributed by atoms with Crippen molar-refractivity contribution in [2.45, 2.75) is 0 Å². The molecule has 22 rings (SSSR count). The summed E-state index contributed by atoms with van der Waals surface area (Å²) in [4.78, 5) is 52.8. The highest BCUT2D eigenvalue weighted by molar-refractivity contribution is 6.13. The van der Waals surface area contributed by atoms with Crippen molar-refractivity contribution < 1.29 is 8.83 Å². The third-order valence-electron chi connectivity index (χ3n) is 21.9. The predicted molar refractivity (Wildman–Crippen MR) is 476 cm³/mol. The van der Waals surface area contributed by atoms with Gasteiger partial charge in [-0.1, -0.05) is 297 Å². The molecule has 0 fully saturated rings. The van der Waals surface area contributed by atoms with E-state index in [9.17, 15) is 0 Å². The molecule has 0 aliphatic carbocycles. The van der Waals surface area contributed by atoms with Crippen molar-refractivity contribution in [1.29, 1.82) is 0 Å². The van der Waals surface area contributed by atoms with E-state index in [1.165, 1.54) is 0 Å². The largest absolute Gasteiger partial charge is 0.456 e. The Labute approximate surface area is 677 Å². The van der Waals surface area contributed by atoms with E-state index >= 15 is 0 Å². The number of furan rings is 2. The minimum atomic E-state index is 0.504. The van der Waals surface area contributed by atoms with Crippen LogP contribution >= 0.6 is 0 Å². The highest BCUT2D eigenvalue weighted by Gasteiger charge is 2.23. The van der Waals surface area contributed by atoms with Crippen LogP contribution in [0.1, 0.15) is 0 Å². The van der Waals surface area contributed by atoms with Crippen molar-refractivity contribution in [3.63, 3.8) is 0 Å². The fourth-order valence-electron chi connectivity index (χ4n) is 16.0. The molecular formula is C106H64N10O2. The third kappa shape index (κ3) is 13.1. The lowest BCUT2D eigenvalue weighted by molar-refractivity contribution is 0.669. The molecule has 16 aromatic carbocycles. The van der Waals surface area contributed by atoms with E-state index in [-0.39, 0.29) is 0 Å². The second-order valence-electron chi connectivity index (χ2n) is 29.5. The summed E-state index contributed by atoms with van der Waals surface area (Å²) in [6, 6.07) is 133. The number of benzene rings is 16. The number of para-hydroxylation sites is 2. The molecule has 0 N–H and O–H groups in total. The smallest absolute Gasteiger partial charge is 0.164 e. The van der Waals surface area contributed by atoms with Crippen molar-refractivity contribution in [3.8, 4) is 170 Å². The van der Waals surface area contributed by atoms with Crippen molar-refractivity contribution in [1.82, 2.24) is 49.8 Å². The zero-order valence-corrected chi connectivity index (χ0v) is 63.2. The number of rotatable bonds is 15. The summed E-state index contributed by atoms with van der Waals surface area (Å²) in [6.45, 7) is 0. The van der Waals surface area contributed by atoms with Crippen LogP contribution in [0.5, 0.6) is 0 Å². The summed E-state index contributed by atoms with van der Waals surface area (Å²) in [5, 5.41) is 8.45.